The standard InChI is InChI=1S/C23H31N5O/c1-2-12-28-21-10-9-19(25-17-18-8-7-11-24-16-18)15-20(21)22(26-28)23(29)27-13-5-3-4-6-14-27/h2,7-8,11,16,19,25H,1,3-6,9-10,12-15,17H2/t19-/m0/s1. The number of likely N-dealkylation sites (tertiary alicyclic amines) is 1. The molecule has 1 N–H and O–H groups in total. The maximum absolute atomic E-state index is 13.3. The van der Waals surface area contributed by atoms with Crippen LogP contribution >= 0.6 is 0 Å². The molecule has 1 aliphatic heterocycles. The molecule has 29 heavy (non-hydrogen) atoms. The van der Waals surface area contributed by atoms with E-state index in [4.69, 9.17) is 5.10 Å². The first kappa shape index (κ1) is 19.8. The minimum absolute atomic E-state index is 0.110. The summed E-state index contributed by atoms with van der Waals surface area (Å²) < 4.78 is 1.99. The Kier molecular flexibility index (Phi) is 6.39. The molecule has 3 heterocycles. The summed E-state index contributed by atoms with van der Waals surface area (Å²) in [5.41, 5.74) is 4.19. The van der Waals surface area contributed by atoms with Crippen molar-refractivity contribution >= 4 is 5.91 Å². The Bertz CT molecular complexity index is 836. The van der Waals surface area contributed by atoms with Crippen molar-refractivity contribution < 1.29 is 4.79 Å². The van der Waals surface area contributed by atoms with E-state index in [0.717, 1.165) is 57.3 Å². The van der Waals surface area contributed by atoms with Crippen molar-refractivity contribution in [2.75, 3.05) is 13.1 Å². The van der Waals surface area contributed by atoms with Gasteiger partial charge in [0, 0.05) is 49.3 Å². The number of nitrogens with zero attached hydrogens (tertiary/aromatic N) is 4. The molecule has 1 fully saturated rings. The molecule has 0 aromatic carbocycles. The molecule has 2 aromatic rings. The Labute approximate surface area is 173 Å². The number of carbonyl (C=O) groups excluding carboxylic acids is 1. The normalized spacial score (nSPS) is 19.4. The second kappa shape index (κ2) is 9.35. The third-order valence-corrected chi connectivity index (χ3v) is 6.06. The Balaban J connectivity index is 1.52. The first-order chi connectivity index (χ1) is 14.3. The average molecular weight is 394 g/mol. The highest BCUT2D eigenvalue weighted by Gasteiger charge is 2.31. The minimum Gasteiger partial charge on any atom is -0.337 e. The van der Waals surface area contributed by atoms with Gasteiger partial charge in [-0.25, -0.2) is 0 Å². The van der Waals surface area contributed by atoms with Crippen LogP contribution in [0.2, 0.25) is 0 Å². The third-order valence-electron chi connectivity index (χ3n) is 6.06. The lowest BCUT2D eigenvalue weighted by molar-refractivity contribution is 0.0753. The van der Waals surface area contributed by atoms with E-state index >= 15 is 0 Å². The number of allylic oxidation sites excluding steroid dienone is 1. The maximum atomic E-state index is 13.3. The highest BCUT2D eigenvalue weighted by atomic mass is 16.2. The first-order valence-electron chi connectivity index (χ1n) is 10.9. The van der Waals surface area contributed by atoms with Crippen molar-refractivity contribution in [1.29, 1.82) is 0 Å². The summed E-state index contributed by atoms with van der Waals surface area (Å²) in [6, 6.07) is 4.40. The summed E-state index contributed by atoms with van der Waals surface area (Å²) in [7, 11) is 0. The third kappa shape index (κ3) is 4.58. The molecule has 0 radical (unpaired) electrons. The van der Waals surface area contributed by atoms with Gasteiger partial charge in [0.1, 0.15) is 0 Å². The van der Waals surface area contributed by atoms with Gasteiger partial charge in [0.15, 0.2) is 5.69 Å². The highest BCUT2D eigenvalue weighted by molar-refractivity contribution is 5.94. The van der Waals surface area contributed by atoms with Gasteiger partial charge in [-0.15, -0.1) is 6.58 Å². The lowest BCUT2D eigenvalue weighted by atomic mass is 9.91. The monoisotopic (exact) mass is 393 g/mol. The van der Waals surface area contributed by atoms with Crippen LogP contribution < -0.4 is 5.32 Å². The molecule has 0 bridgehead atoms. The van der Waals surface area contributed by atoms with Crippen LogP contribution in [-0.4, -0.2) is 44.7 Å². The highest BCUT2D eigenvalue weighted by Crippen LogP contribution is 2.27. The topological polar surface area (TPSA) is 63.1 Å². The van der Waals surface area contributed by atoms with Gasteiger partial charge < -0.3 is 10.2 Å². The van der Waals surface area contributed by atoms with Crippen LogP contribution in [0.1, 0.15) is 59.4 Å². The predicted molar refractivity (Wildman–Crippen MR) is 114 cm³/mol. The van der Waals surface area contributed by atoms with Gasteiger partial charge in [0.25, 0.3) is 5.91 Å². The molecule has 2 aromatic heterocycles. The number of fused-ring (bicyclic) bond motifs is 1. The van der Waals surface area contributed by atoms with Crippen molar-refractivity contribution in [3.05, 3.63) is 59.7 Å². The molecule has 1 atom stereocenters. The van der Waals surface area contributed by atoms with Gasteiger partial charge in [0.05, 0.1) is 6.54 Å². The number of hydrogen-bond acceptors (Lipinski definition) is 4. The van der Waals surface area contributed by atoms with Gasteiger partial charge in [0.2, 0.25) is 0 Å². The van der Waals surface area contributed by atoms with E-state index in [-0.39, 0.29) is 5.91 Å². The van der Waals surface area contributed by atoms with Crippen LogP contribution in [0.5, 0.6) is 0 Å². The number of aromatic nitrogens is 3. The summed E-state index contributed by atoms with van der Waals surface area (Å²) in [4.78, 5) is 19.5. The van der Waals surface area contributed by atoms with Crippen molar-refractivity contribution in [2.45, 2.75) is 64.1 Å². The summed E-state index contributed by atoms with van der Waals surface area (Å²) in [6.45, 7) is 7.02. The van der Waals surface area contributed by atoms with Crippen LogP contribution in [0.15, 0.2) is 37.2 Å². The molecule has 1 aliphatic carbocycles. The fraction of sp³-hybridized carbons (Fsp3) is 0.522. The molecule has 0 spiro atoms. The fourth-order valence-corrected chi connectivity index (χ4v) is 4.50. The molecule has 1 amide bonds. The van der Waals surface area contributed by atoms with Gasteiger partial charge in [-0.1, -0.05) is 25.0 Å². The lowest BCUT2D eigenvalue weighted by Crippen LogP contribution is -2.36. The molecule has 2 aliphatic rings. The number of nitrogens with one attached hydrogen (secondary N) is 1. The smallest absolute Gasteiger partial charge is 0.274 e. The Hall–Kier alpha value is -2.47. The summed E-state index contributed by atoms with van der Waals surface area (Å²) in [5.74, 6) is 0.110. The lowest BCUT2D eigenvalue weighted by Gasteiger charge is -2.25. The fourth-order valence-electron chi connectivity index (χ4n) is 4.50. The second-order valence-corrected chi connectivity index (χ2v) is 8.13. The van der Waals surface area contributed by atoms with Crippen LogP contribution in [0, 0.1) is 0 Å². The van der Waals surface area contributed by atoms with Crippen LogP contribution in [0.4, 0.5) is 0 Å². The number of carbonyl (C=O) groups is 1. The van der Waals surface area contributed by atoms with Crippen molar-refractivity contribution in [2.24, 2.45) is 0 Å². The number of amides is 1. The molecular weight excluding hydrogens is 362 g/mol. The van der Waals surface area contributed by atoms with Crippen LogP contribution in [0.25, 0.3) is 0 Å². The van der Waals surface area contributed by atoms with Crippen molar-refractivity contribution in [1.82, 2.24) is 25.0 Å². The predicted octanol–water partition coefficient (Wildman–Crippen LogP) is 3.13. The van der Waals surface area contributed by atoms with Gasteiger partial charge in [-0.2, -0.15) is 5.10 Å². The molecule has 0 saturated carbocycles. The van der Waals surface area contributed by atoms with Crippen molar-refractivity contribution in [3.8, 4) is 0 Å². The largest absolute Gasteiger partial charge is 0.337 e. The van der Waals surface area contributed by atoms with E-state index in [1.54, 1.807) is 6.20 Å². The van der Waals surface area contributed by atoms with Gasteiger partial charge in [-0.05, 0) is 43.7 Å². The Morgan fingerprint density at radius 3 is 2.83 bits per heavy atom. The van der Waals surface area contributed by atoms with Crippen LogP contribution in [0.3, 0.4) is 0 Å². The second-order valence-electron chi connectivity index (χ2n) is 8.13. The van der Waals surface area contributed by atoms with E-state index in [1.165, 1.54) is 24.1 Å². The van der Waals surface area contributed by atoms with E-state index in [9.17, 15) is 4.79 Å². The Morgan fingerprint density at radius 1 is 1.28 bits per heavy atom. The molecular formula is C23H31N5O. The molecule has 6 heteroatoms. The SMILES string of the molecule is C=CCn1nc(C(=O)N2CCCCCC2)c2c1CC[C@H](NCc1cccnc1)C2. The molecule has 4 rings (SSSR count). The quantitative estimate of drug-likeness (QED) is 0.766. The molecule has 154 valence electrons. The maximum Gasteiger partial charge on any atom is 0.274 e. The Morgan fingerprint density at radius 2 is 2.10 bits per heavy atom. The zero-order chi connectivity index (χ0) is 20.1. The zero-order valence-corrected chi connectivity index (χ0v) is 17.1. The number of pyridine rings is 1. The number of hydrogen-bond donors (Lipinski definition) is 1. The zero-order valence-electron chi connectivity index (χ0n) is 17.1. The molecule has 6 nitrogen and oxygen atoms in total. The molecule has 0 unspecified atom stereocenters. The van der Waals surface area contributed by atoms with E-state index in [0.29, 0.717) is 18.3 Å². The van der Waals surface area contributed by atoms with E-state index < -0.39 is 0 Å². The average Bonchev–Trinajstić information content (AvgIpc) is 2.92. The molecule has 1 saturated heterocycles. The minimum atomic E-state index is 0.110. The van der Waals surface area contributed by atoms with Gasteiger partial charge >= 0.3 is 0 Å². The van der Waals surface area contributed by atoms with Crippen molar-refractivity contribution in [3.63, 3.8) is 0 Å². The van der Waals surface area contributed by atoms with Crippen LogP contribution in [-0.2, 0) is 25.9 Å². The first-order valence-corrected chi connectivity index (χ1v) is 10.9. The summed E-state index contributed by atoms with van der Waals surface area (Å²) in [6.07, 6.45) is 13.0. The summed E-state index contributed by atoms with van der Waals surface area (Å²) >= 11 is 0. The summed E-state index contributed by atoms with van der Waals surface area (Å²) in [5, 5.41) is 8.41. The van der Waals surface area contributed by atoms with E-state index in [2.05, 4.69) is 22.9 Å². The van der Waals surface area contributed by atoms with E-state index in [1.807, 2.05) is 27.9 Å². The van der Waals surface area contributed by atoms with Gasteiger partial charge in [-0.3, -0.25) is 14.5 Å². The number of rotatable bonds is 6.